The predicted molar refractivity (Wildman–Crippen MR) is 61.3 cm³/mol. The monoisotopic (exact) mass is 324 g/mol. The minimum Gasteiger partial charge on any atom is -0.0826 e. The summed E-state index contributed by atoms with van der Waals surface area (Å²) in [6.07, 6.45) is 1.16. The summed E-state index contributed by atoms with van der Waals surface area (Å²) in [4.78, 5) is 0. The lowest BCUT2D eigenvalue weighted by atomic mass is 10.1. The van der Waals surface area contributed by atoms with Crippen LogP contribution in [0, 0.1) is 0 Å². The zero-order chi connectivity index (χ0) is 8.27. The molecule has 0 aliphatic carbocycles. The highest BCUT2D eigenvalue weighted by Gasteiger charge is 1.97. The maximum absolute atomic E-state index is 3.41. The lowest BCUT2D eigenvalue weighted by Gasteiger charge is -2.02. The van der Waals surface area contributed by atoms with Crippen LogP contribution < -0.4 is 0 Å². The maximum atomic E-state index is 3.41. The SMILES string of the molecule is CC(I)Cc1ccc(Br)cc1. The number of hydrogen-bond donors (Lipinski definition) is 0. The number of halogens is 2. The molecule has 1 atom stereocenters. The van der Waals surface area contributed by atoms with Crippen LogP contribution in [0.15, 0.2) is 28.7 Å². The number of rotatable bonds is 2. The molecule has 0 saturated carbocycles. The van der Waals surface area contributed by atoms with E-state index in [0.717, 1.165) is 10.9 Å². The van der Waals surface area contributed by atoms with Crippen LogP contribution in [-0.4, -0.2) is 3.92 Å². The molecule has 0 saturated heterocycles. The standard InChI is InChI=1S/C9H10BrI/c1-7(11)6-8-2-4-9(10)5-3-8/h2-5,7H,6H2,1H3. The predicted octanol–water partition coefficient (Wildman–Crippen LogP) is 3.82. The van der Waals surface area contributed by atoms with Gasteiger partial charge < -0.3 is 0 Å². The van der Waals surface area contributed by atoms with Crippen LogP contribution >= 0.6 is 38.5 Å². The van der Waals surface area contributed by atoms with Crippen LogP contribution in [0.2, 0.25) is 0 Å². The highest BCUT2D eigenvalue weighted by atomic mass is 127. The summed E-state index contributed by atoms with van der Waals surface area (Å²) >= 11 is 5.85. The van der Waals surface area contributed by atoms with Crippen molar-refractivity contribution in [2.24, 2.45) is 0 Å². The van der Waals surface area contributed by atoms with E-state index in [-0.39, 0.29) is 0 Å². The third-order valence-corrected chi connectivity index (χ3v) is 2.40. The van der Waals surface area contributed by atoms with Crippen LogP contribution in [0.25, 0.3) is 0 Å². The van der Waals surface area contributed by atoms with E-state index >= 15 is 0 Å². The Morgan fingerprint density at radius 2 is 1.91 bits per heavy atom. The fourth-order valence-electron chi connectivity index (χ4n) is 0.945. The van der Waals surface area contributed by atoms with Crippen LogP contribution in [0.1, 0.15) is 12.5 Å². The second kappa shape index (κ2) is 4.45. The van der Waals surface area contributed by atoms with E-state index in [0.29, 0.717) is 3.92 Å². The summed E-state index contributed by atoms with van der Waals surface area (Å²) in [5.74, 6) is 0. The molecule has 2 heteroatoms. The Balaban J connectivity index is 2.66. The van der Waals surface area contributed by atoms with E-state index in [1.807, 2.05) is 0 Å². The maximum Gasteiger partial charge on any atom is 0.0175 e. The van der Waals surface area contributed by atoms with Crippen molar-refractivity contribution in [2.45, 2.75) is 17.3 Å². The molecule has 0 aliphatic rings. The van der Waals surface area contributed by atoms with Gasteiger partial charge in [-0.3, -0.25) is 0 Å². The van der Waals surface area contributed by atoms with Gasteiger partial charge in [-0.2, -0.15) is 0 Å². The molecule has 0 bridgehead atoms. The van der Waals surface area contributed by atoms with Gasteiger partial charge in [0.15, 0.2) is 0 Å². The third kappa shape index (κ3) is 3.56. The average Bonchev–Trinajstić information content (AvgIpc) is 1.93. The normalized spacial score (nSPS) is 13.0. The summed E-state index contributed by atoms with van der Waals surface area (Å²) in [6.45, 7) is 2.22. The second-order valence-corrected chi connectivity index (χ2v) is 5.65. The van der Waals surface area contributed by atoms with Gasteiger partial charge >= 0.3 is 0 Å². The largest absolute Gasteiger partial charge is 0.0826 e. The molecule has 0 amide bonds. The van der Waals surface area contributed by atoms with Gasteiger partial charge in [-0.25, -0.2) is 0 Å². The lowest BCUT2D eigenvalue weighted by Crippen LogP contribution is -1.95. The van der Waals surface area contributed by atoms with Gasteiger partial charge in [0.05, 0.1) is 0 Å². The fourth-order valence-corrected chi connectivity index (χ4v) is 1.72. The third-order valence-electron chi connectivity index (χ3n) is 1.43. The van der Waals surface area contributed by atoms with Gasteiger partial charge in [0.25, 0.3) is 0 Å². The zero-order valence-electron chi connectivity index (χ0n) is 6.35. The minimum atomic E-state index is 0.716. The Kier molecular flexibility index (Phi) is 3.85. The van der Waals surface area contributed by atoms with Crippen molar-refractivity contribution in [1.82, 2.24) is 0 Å². The highest BCUT2D eigenvalue weighted by molar-refractivity contribution is 14.1. The summed E-state index contributed by atoms with van der Waals surface area (Å²) in [5, 5.41) is 0. The fraction of sp³-hybridized carbons (Fsp3) is 0.333. The van der Waals surface area contributed by atoms with E-state index in [4.69, 9.17) is 0 Å². The molecule has 0 heterocycles. The Labute approximate surface area is 89.7 Å². The molecule has 1 rings (SSSR count). The van der Waals surface area contributed by atoms with Gasteiger partial charge in [-0.1, -0.05) is 57.6 Å². The van der Waals surface area contributed by atoms with E-state index in [1.165, 1.54) is 5.56 Å². The molecule has 0 radical (unpaired) electrons. The quantitative estimate of drug-likeness (QED) is 0.573. The first kappa shape index (κ1) is 9.52. The number of hydrogen-bond acceptors (Lipinski definition) is 0. The molecule has 0 fully saturated rings. The van der Waals surface area contributed by atoms with Crippen LogP contribution in [-0.2, 0) is 6.42 Å². The van der Waals surface area contributed by atoms with E-state index in [2.05, 4.69) is 69.7 Å². The molecule has 1 aromatic rings. The van der Waals surface area contributed by atoms with Crippen molar-refractivity contribution in [3.63, 3.8) is 0 Å². The van der Waals surface area contributed by atoms with Gasteiger partial charge in [-0.15, -0.1) is 0 Å². The van der Waals surface area contributed by atoms with Crippen LogP contribution in [0.4, 0.5) is 0 Å². The van der Waals surface area contributed by atoms with Crippen LogP contribution in [0.3, 0.4) is 0 Å². The Morgan fingerprint density at radius 3 is 2.36 bits per heavy atom. The number of alkyl halides is 1. The minimum absolute atomic E-state index is 0.716. The first-order valence-corrected chi connectivity index (χ1v) is 5.61. The molecule has 0 nitrogen and oxygen atoms in total. The van der Waals surface area contributed by atoms with Gasteiger partial charge in [0.2, 0.25) is 0 Å². The molecular formula is C9H10BrI. The van der Waals surface area contributed by atoms with Gasteiger partial charge in [0, 0.05) is 8.40 Å². The first-order chi connectivity index (χ1) is 5.18. The van der Waals surface area contributed by atoms with Gasteiger partial charge in [-0.05, 0) is 24.1 Å². The molecule has 11 heavy (non-hydrogen) atoms. The van der Waals surface area contributed by atoms with E-state index in [1.54, 1.807) is 0 Å². The first-order valence-electron chi connectivity index (χ1n) is 3.57. The molecule has 60 valence electrons. The average molecular weight is 325 g/mol. The van der Waals surface area contributed by atoms with Crippen molar-refractivity contribution >= 4 is 38.5 Å². The van der Waals surface area contributed by atoms with Gasteiger partial charge in [0.1, 0.15) is 0 Å². The topological polar surface area (TPSA) is 0 Å². The second-order valence-electron chi connectivity index (χ2n) is 2.61. The van der Waals surface area contributed by atoms with Crippen molar-refractivity contribution in [2.75, 3.05) is 0 Å². The molecule has 1 unspecified atom stereocenters. The van der Waals surface area contributed by atoms with Crippen LogP contribution in [0.5, 0.6) is 0 Å². The van der Waals surface area contributed by atoms with Crippen molar-refractivity contribution in [1.29, 1.82) is 0 Å². The smallest absolute Gasteiger partial charge is 0.0175 e. The van der Waals surface area contributed by atoms with E-state index in [9.17, 15) is 0 Å². The Morgan fingerprint density at radius 1 is 1.36 bits per heavy atom. The Bertz CT molecular complexity index is 216. The molecule has 0 aromatic heterocycles. The Hall–Kier alpha value is 0.430. The molecule has 0 N–H and O–H groups in total. The van der Waals surface area contributed by atoms with Crippen molar-refractivity contribution in [3.8, 4) is 0 Å². The summed E-state index contributed by atoms with van der Waals surface area (Å²) < 4.78 is 1.87. The summed E-state index contributed by atoms with van der Waals surface area (Å²) in [6, 6.07) is 8.52. The van der Waals surface area contributed by atoms with E-state index < -0.39 is 0 Å². The molecule has 0 spiro atoms. The molecule has 1 aromatic carbocycles. The van der Waals surface area contributed by atoms with Crippen molar-refractivity contribution in [3.05, 3.63) is 34.3 Å². The summed E-state index contributed by atoms with van der Waals surface area (Å²) in [7, 11) is 0. The van der Waals surface area contributed by atoms with Crippen molar-refractivity contribution < 1.29 is 0 Å². The molecule has 0 aliphatic heterocycles. The lowest BCUT2D eigenvalue weighted by molar-refractivity contribution is 0.976. The zero-order valence-corrected chi connectivity index (χ0v) is 10.1. The molecular weight excluding hydrogens is 315 g/mol. The summed E-state index contributed by atoms with van der Waals surface area (Å²) in [5.41, 5.74) is 1.41. The highest BCUT2D eigenvalue weighted by Crippen LogP contribution is 2.14. The number of benzene rings is 1.